The fraction of sp³-hybridized carbons (Fsp3) is 0.389. The van der Waals surface area contributed by atoms with Gasteiger partial charge in [-0.05, 0) is 31.4 Å². The van der Waals surface area contributed by atoms with E-state index in [0.717, 1.165) is 35.9 Å². The van der Waals surface area contributed by atoms with Crippen LogP contribution in [0.4, 0.5) is 0 Å². The Kier molecular flexibility index (Phi) is 4.59. The van der Waals surface area contributed by atoms with Gasteiger partial charge in [-0.25, -0.2) is 0 Å². The van der Waals surface area contributed by atoms with Crippen molar-refractivity contribution >= 4 is 28.4 Å². The van der Waals surface area contributed by atoms with Crippen LogP contribution >= 0.6 is 11.8 Å². The van der Waals surface area contributed by atoms with Gasteiger partial charge in [0, 0.05) is 18.9 Å². The summed E-state index contributed by atoms with van der Waals surface area (Å²) in [4.78, 5) is 12.8. The number of hydrogen-bond donors (Lipinski definition) is 0. The molecular formula is C18H20N4O2S. The van der Waals surface area contributed by atoms with E-state index in [0.29, 0.717) is 17.7 Å². The predicted molar refractivity (Wildman–Crippen MR) is 99.3 cm³/mol. The van der Waals surface area contributed by atoms with Gasteiger partial charge in [-0.15, -0.1) is 16.8 Å². The molecule has 0 amide bonds. The number of fused-ring (bicyclic) bond motifs is 3. The molecule has 2 aromatic heterocycles. The van der Waals surface area contributed by atoms with Gasteiger partial charge in [-0.1, -0.05) is 30.0 Å². The van der Waals surface area contributed by atoms with Crippen molar-refractivity contribution in [2.75, 3.05) is 12.4 Å². The summed E-state index contributed by atoms with van der Waals surface area (Å²) in [5, 5.41) is 10.1. The van der Waals surface area contributed by atoms with E-state index in [4.69, 9.17) is 4.74 Å². The molecule has 6 nitrogen and oxygen atoms in total. The van der Waals surface area contributed by atoms with Crippen LogP contribution in [0.2, 0.25) is 0 Å². The average molecular weight is 356 g/mol. The van der Waals surface area contributed by atoms with Crippen molar-refractivity contribution in [3.05, 3.63) is 47.3 Å². The molecule has 1 atom stereocenters. The molecule has 4 rings (SSSR count). The highest BCUT2D eigenvalue weighted by Crippen LogP contribution is 2.25. The van der Waals surface area contributed by atoms with Gasteiger partial charge in [-0.2, -0.15) is 0 Å². The zero-order valence-corrected chi connectivity index (χ0v) is 14.7. The molecule has 130 valence electrons. The van der Waals surface area contributed by atoms with Gasteiger partial charge in [0.2, 0.25) is 5.78 Å². The maximum atomic E-state index is 12.8. The molecule has 7 heteroatoms. The number of allylic oxidation sites excluding steroid dienone is 1. The normalized spacial score (nSPS) is 18.0. The second-order valence-corrected chi connectivity index (χ2v) is 7.13. The minimum Gasteiger partial charge on any atom is -0.377 e. The smallest absolute Gasteiger partial charge is 0.263 e. The molecule has 0 N–H and O–H groups in total. The first-order chi connectivity index (χ1) is 12.3. The fourth-order valence-electron chi connectivity index (χ4n) is 3.23. The first-order valence-corrected chi connectivity index (χ1v) is 9.50. The highest BCUT2D eigenvalue weighted by Gasteiger charge is 2.19. The molecule has 1 aliphatic rings. The molecule has 1 saturated heterocycles. The monoisotopic (exact) mass is 356 g/mol. The third-order valence-electron chi connectivity index (χ3n) is 4.46. The standard InChI is InChI=1S/C18H20N4O2S/c1-2-10-21-16(23)14-8-3-4-9-15(14)22-17(21)19-20-18(22)25-12-13-7-5-6-11-24-13/h2-4,8-9,13H,1,5-7,10-12H2/t13-/m0/s1. The maximum absolute atomic E-state index is 12.8. The number of thioether (sulfide) groups is 1. The average Bonchev–Trinajstić information content (AvgIpc) is 3.08. The van der Waals surface area contributed by atoms with E-state index < -0.39 is 0 Å². The molecular weight excluding hydrogens is 336 g/mol. The number of ether oxygens (including phenoxy) is 1. The number of nitrogens with zero attached hydrogens (tertiary/aromatic N) is 4. The Morgan fingerprint density at radius 3 is 3.00 bits per heavy atom. The predicted octanol–water partition coefficient (Wildman–Crippen LogP) is 2.89. The van der Waals surface area contributed by atoms with Crippen LogP contribution in [0.5, 0.6) is 0 Å². The number of hydrogen-bond acceptors (Lipinski definition) is 5. The molecule has 1 aliphatic heterocycles. The molecule has 1 aromatic carbocycles. The van der Waals surface area contributed by atoms with Crippen molar-refractivity contribution < 1.29 is 4.74 Å². The van der Waals surface area contributed by atoms with Crippen LogP contribution in [0.15, 0.2) is 46.9 Å². The van der Waals surface area contributed by atoms with Crippen LogP contribution in [0.3, 0.4) is 0 Å². The van der Waals surface area contributed by atoms with E-state index in [1.807, 2.05) is 28.7 Å². The van der Waals surface area contributed by atoms with E-state index in [1.165, 1.54) is 6.42 Å². The summed E-state index contributed by atoms with van der Waals surface area (Å²) in [5.74, 6) is 1.39. The van der Waals surface area contributed by atoms with Crippen molar-refractivity contribution in [2.45, 2.75) is 37.1 Å². The second-order valence-electron chi connectivity index (χ2n) is 6.14. The lowest BCUT2D eigenvalue weighted by molar-refractivity contribution is 0.0315. The lowest BCUT2D eigenvalue weighted by Gasteiger charge is -2.21. The van der Waals surface area contributed by atoms with E-state index in [1.54, 1.807) is 22.4 Å². The molecule has 3 aromatic rings. The Bertz CT molecular complexity index is 972. The van der Waals surface area contributed by atoms with Gasteiger partial charge >= 0.3 is 0 Å². The van der Waals surface area contributed by atoms with E-state index in [2.05, 4.69) is 16.8 Å². The van der Waals surface area contributed by atoms with Crippen molar-refractivity contribution in [3.63, 3.8) is 0 Å². The minimum atomic E-state index is -0.0671. The molecule has 1 fully saturated rings. The first-order valence-electron chi connectivity index (χ1n) is 8.51. The van der Waals surface area contributed by atoms with Gasteiger partial charge in [-0.3, -0.25) is 13.8 Å². The van der Waals surface area contributed by atoms with E-state index >= 15 is 0 Å². The number of benzene rings is 1. The van der Waals surface area contributed by atoms with Gasteiger partial charge in [0.1, 0.15) is 0 Å². The highest BCUT2D eigenvalue weighted by molar-refractivity contribution is 7.99. The second kappa shape index (κ2) is 7.01. The summed E-state index contributed by atoms with van der Waals surface area (Å²) in [6.45, 7) is 4.99. The van der Waals surface area contributed by atoms with Crippen LogP contribution < -0.4 is 5.56 Å². The molecule has 0 radical (unpaired) electrons. The van der Waals surface area contributed by atoms with Crippen molar-refractivity contribution in [1.82, 2.24) is 19.2 Å². The summed E-state index contributed by atoms with van der Waals surface area (Å²) in [7, 11) is 0. The zero-order chi connectivity index (χ0) is 17.2. The molecule has 0 saturated carbocycles. The third kappa shape index (κ3) is 2.98. The van der Waals surface area contributed by atoms with Crippen molar-refractivity contribution in [3.8, 4) is 0 Å². The summed E-state index contributed by atoms with van der Waals surface area (Å²) in [6.07, 6.45) is 5.41. The van der Waals surface area contributed by atoms with Crippen LogP contribution in [0.25, 0.3) is 16.7 Å². The Balaban J connectivity index is 1.80. The van der Waals surface area contributed by atoms with Crippen LogP contribution in [0.1, 0.15) is 19.3 Å². The number of rotatable bonds is 5. The fourth-order valence-corrected chi connectivity index (χ4v) is 4.23. The topological polar surface area (TPSA) is 61.4 Å². The lowest BCUT2D eigenvalue weighted by atomic mass is 10.1. The maximum Gasteiger partial charge on any atom is 0.263 e. The van der Waals surface area contributed by atoms with E-state index in [9.17, 15) is 4.79 Å². The minimum absolute atomic E-state index is 0.0671. The summed E-state index contributed by atoms with van der Waals surface area (Å²) >= 11 is 1.63. The largest absolute Gasteiger partial charge is 0.377 e. The van der Waals surface area contributed by atoms with Crippen LogP contribution in [-0.2, 0) is 11.3 Å². The Morgan fingerprint density at radius 2 is 2.20 bits per heavy atom. The summed E-state index contributed by atoms with van der Waals surface area (Å²) in [5.41, 5.74) is 0.766. The van der Waals surface area contributed by atoms with E-state index in [-0.39, 0.29) is 11.7 Å². The highest BCUT2D eigenvalue weighted by atomic mass is 32.2. The quantitative estimate of drug-likeness (QED) is 0.520. The van der Waals surface area contributed by atoms with Gasteiger partial charge in [0.15, 0.2) is 5.16 Å². The van der Waals surface area contributed by atoms with Gasteiger partial charge < -0.3 is 4.74 Å². The van der Waals surface area contributed by atoms with Crippen molar-refractivity contribution in [1.29, 1.82) is 0 Å². The van der Waals surface area contributed by atoms with Crippen molar-refractivity contribution in [2.24, 2.45) is 0 Å². The summed E-state index contributed by atoms with van der Waals surface area (Å²) < 4.78 is 9.39. The Labute approximate surface area is 149 Å². The number of para-hydroxylation sites is 1. The zero-order valence-electron chi connectivity index (χ0n) is 13.9. The van der Waals surface area contributed by atoms with Crippen LogP contribution in [0, 0.1) is 0 Å². The first kappa shape index (κ1) is 16.4. The molecule has 0 spiro atoms. The number of aromatic nitrogens is 4. The Hall–Kier alpha value is -2.12. The molecule has 25 heavy (non-hydrogen) atoms. The molecule has 0 unspecified atom stereocenters. The third-order valence-corrected chi connectivity index (χ3v) is 5.52. The molecule has 0 bridgehead atoms. The van der Waals surface area contributed by atoms with Gasteiger partial charge in [0.25, 0.3) is 5.56 Å². The summed E-state index contributed by atoms with van der Waals surface area (Å²) in [6, 6.07) is 7.58. The molecule has 3 heterocycles. The lowest BCUT2D eigenvalue weighted by Crippen LogP contribution is -2.23. The van der Waals surface area contributed by atoms with Crippen LogP contribution in [-0.4, -0.2) is 37.6 Å². The molecule has 0 aliphatic carbocycles. The SMILES string of the molecule is C=CCn1c(=O)c2ccccc2n2c(SC[C@@H]3CCCCO3)nnc12. The Morgan fingerprint density at radius 1 is 1.32 bits per heavy atom. The van der Waals surface area contributed by atoms with Gasteiger partial charge in [0.05, 0.1) is 17.0 Å².